The average molecular weight is 179 g/mol. The fourth-order valence-electron chi connectivity index (χ4n) is 4.24. The van der Waals surface area contributed by atoms with Crippen molar-refractivity contribution in [3.05, 3.63) is 0 Å². The van der Waals surface area contributed by atoms with Gasteiger partial charge in [0.2, 0.25) is 0 Å². The van der Waals surface area contributed by atoms with Gasteiger partial charge in [0, 0.05) is 5.92 Å². The van der Waals surface area contributed by atoms with Crippen LogP contribution in [0.25, 0.3) is 0 Å². The van der Waals surface area contributed by atoms with E-state index >= 15 is 0 Å². The molecule has 1 radical (unpaired) electrons. The molecule has 3 aliphatic rings. The fourth-order valence-corrected chi connectivity index (χ4v) is 4.24. The Morgan fingerprint density at radius 3 is 3.08 bits per heavy atom. The van der Waals surface area contributed by atoms with Crippen LogP contribution in [0.4, 0.5) is 0 Å². The second kappa shape index (κ2) is 2.49. The topological polar surface area (TPSA) is 26.3 Å². The van der Waals surface area contributed by atoms with Gasteiger partial charge in [0.15, 0.2) is 0 Å². The standard InChI is InChI=1S/C11H15O2/c12-7-13-11-5-4-8(6-11)9-2-1-3-10(9)11/h8-10H,1-6H2. The van der Waals surface area contributed by atoms with Gasteiger partial charge < -0.3 is 4.74 Å². The third kappa shape index (κ3) is 0.866. The molecule has 4 atom stereocenters. The summed E-state index contributed by atoms with van der Waals surface area (Å²) in [5.41, 5.74) is -0.0619. The molecule has 3 aliphatic carbocycles. The van der Waals surface area contributed by atoms with Crippen LogP contribution in [-0.4, -0.2) is 12.1 Å². The van der Waals surface area contributed by atoms with E-state index in [1.807, 2.05) is 0 Å². The summed E-state index contributed by atoms with van der Waals surface area (Å²) >= 11 is 0. The van der Waals surface area contributed by atoms with Gasteiger partial charge in [-0.3, -0.25) is 0 Å². The summed E-state index contributed by atoms with van der Waals surface area (Å²) in [6.45, 7) is 1.69. The summed E-state index contributed by atoms with van der Waals surface area (Å²) in [6, 6.07) is 0. The lowest BCUT2D eigenvalue weighted by Gasteiger charge is -2.33. The van der Waals surface area contributed by atoms with Gasteiger partial charge in [-0.25, -0.2) is 4.79 Å². The van der Waals surface area contributed by atoms with Crippen molar-refractivity contribution in [3.63, 3.8) is 0 Å². The first kappa shape index (κ1) is 7.84. The number of hydrogen-bond acceptors (Lipinski definition) is 2. The van der Waals surface area contributed by atoms with Crippen LogP contribution in [0, 0.1) is 17.8 Å². The molecule has 0 aromatic carbocycles. The molecule has 0 amide bonds. The van der Waals surface area contributed by atoms with Crippen molar-refractivity contribution in [1.82, 2.24) is 0 Å². The number of ether oxygens (including phenoxy) is 1. The largest absolute Gasteiger partial charge is 0.450 e. The molecule has 0 aromatic heterocycles. The third-order valence-electron chi connectivity index (χ3n) is 4.64. The maximum absolute atomic E-state index is 10.4. The molecule has 0 heterocycles. The first-order chi connectivity index (χ1) is 6.36. The first-order valence-corrected chi connectivity index (χ1v) is 5.41. The van der Waals surface area contributed by atoms with E-state index in [-0.39, 0.29) is 5.60 Å². The highest BCUT2D eigenvalue weighted by Crippen LogP contribution is 2.62. The van der Waals surface area contributed by atoms with Crippen molar-refractivity contribution in [2.24, 2.45) is 17.8 Å². The number of carbonyl (C=O) groups excluding carboxylic acids is 1. The summed E-state index contributed by atoms with van der Waals surface area (Å²) in [4.78, 5) is 10.4. The van der Waals surface area contributed by atoms with Crippen molar-refractivity contribution in [2.75, 3.05) is 0 Å². The summed E-state index contributed by atoms with van der Waals surface area (Å²) in [7, 11) is 0. The lowest BCUT2D eigenvalue weighted by molar-refractivity contribution is 0.00435. The van der Waals surface area contributed by atoms with Crippen LogP contribution in [0.5, 0.6) is 0 Å². The summed E-state index contributed by atoms with van der Waals surface area (Å²) < 4.78 is 5.29. The first-order valence-electron chi connectivity index (χ1n) is 5.41. The Balaban J connectivity index is 1.91. The Morgan fingerprint density at radius 2 is 2.23 bits per heavy atom. The van der Waals surface area contributed by atoms with Crippen molar-refractivity contribution >= 4 is 6.47 Å². The molecule has 0 saturated heterocycles. The van der Waals surface area contributed by atoms with Gasteiger partial charge in [0.05, 0.1) is 0 Å². The van der Waals surface area contributed by atoms with Gasteiger partial charge in [-0.1, -0.05) is 6.42 Å². The van der Waals surface area contributed by atoms with Gasteiger partial charge in [0.25, 0.3) is 0 Å². The van der Waals surface area contributed by atoms with Crippen LogP contribution in [0.2, 0.25) is 0 Å². The smallest absolute Gasteiger partial charge is 0.418 e. The molecule has 0 N–H and O–H groups in total. The zero-order chi connectivity index (χ0) is 8.89. The lowest BCUT2D eigenvalue weighted by atomic mass is 9.79. The molecule has 71 valence electrons. The quantitative estimate of drug-likeness (QED) is 0.648. The van der Waals surface area contributed by atoms with Crippen molar-refractivity contribution in [1.29, 1.82) is 0 Å². The van der Waals surface area contributed by atoms with Crippen LogP contribution >= 0.6 is 0 Å². The minimum Gasteiger partial charge on any atom is -0.450 e. The van der Waals surface area contributed by atoms with Crippen molar-refractivity contribution in [3.8, 4) is 0 Å². The van der Waals surface area contributed by atoms with Gasteiger partial charge >= 0.3 is 6.47 Å². The summed E-state index contributed by atoms with van der Waals surface area (Å²) in [6.07, 6.45) is 7.52. The van der Waals surface area contributed by atoms with Crippen LogP contribution < -0.4 is 0 Å². The van der Waals surface area contributed by atoms with Crippen LogP contribution in [0.3, 0.4) is 0 Å². The molecule has 0 aliphatic heterocycles. The Morgan fingerprint density at radius 1 is 1.31 bits per heavy atom. The second-order valence-electron chi connectivity index (χ2n) is 4.95. The second-order valence-corrected chi connectivity index (χ2v) is 4.95. The molecule has 2 nitrogen and oxygen atoms in total. The molecule has 0 spiro atoms. The van der Waals surface area contributed by atoms with Gasteiger partial charge in [-0.05, 0) is 43.9 Å². The maximum atomic E-state index is 10.4. The van der Waals surface area contributed by atoms with Crippen molar-refractivity contribution < 1.29 is 9.53 Å². The van der Waals surface area contributed by atoms with Crippen LogP contribution in [0.1, 0.15) is 38.5 Å². The summed E-state index contributed by atoms with van der Waals surface area (Å²) in [5, 5.41) is 0. The Kier molecular flexibility index (Phi) is 1.50. The van der Waals surface area contributed by atoms with E-state index in [2.05, 4.69) is 0 Å². The van der Waals surface area contributed by atoms with E-state index in [4.69, 9.17) is 4.74 Å². The van der Waals surface area contributed by atoms with Gasteiger partial charge in [-0.2, -0.15) is 0 Å². The molecule has 13 heavy (non-hydrogen) atoms. The molecule has 3 fully saturated rings. The van der Waals surface area contributed by atoms with Gasteiger partial charge in [0.1, 0.15) is 5.60 Å². The predicted octanol–water partition coefficient (Wildman–Crippen LogP) is 2.04. The van der Waals surface area contributed by atoms with E-state index in [0.717, 1.165) is 24.7 Å². The Hall–Kier alpha value is -0.530. The van der Waals surface area contributed by atoms with Gasteiger partial charge in [-0.15, -0.1) is 0 Å². The molecule has 2 heteroatoms. The zero-order valence-electron chi connectivity index (χ0n) is 7.79. The highest BCUT2D eigenvalue weighted by molar-refractivity contribution is 5.40. The third-order valence-corrected chi connectivity index (χ3v) is 4.64. The zero-order valence-corrected chi connectivity index (χ0v) is 7.79. The molecule has 0 aromatic rings. The van der Waals surface area contributed by atoms with E-state index in [9.17, 15) is 4.79 Å². The summed E-state index contributed by atoms with van der Waals surface area (Å²) in [5.74, 6) is 2.43. The van der Waals surface area contributed by atoms with E-state index in [0.29, 0.717) is 5.92 Å². The number of rotatable bonds is 2. The average Bonchev–Trinajstić information content (AvgIpc) is 2.73. The number of hydrogen-bond donors (Lipinski definition) is 0. The fraction of sp³-hybridized carbons (Fsp3) is 0.909. The monoisotopic (exact) mass is 179 g/mol. The highest BCUT2D eigenvalue weighted by atomic mass is 16.5. The minimum atomic E-state index is -0.0619. The van der Waals surface area contributed by atoms with E-state index in [1.54, 1.807) is 6.47 Å². The Labute approximate surface area is 78.6 Å². The van der Waals surface area contributed by atoms with E-state index in [1.165, 1.54) is 25.7 Å². The minimum absolute atomic E-state index is 0.0619. The predicted molar refractivity (Wildman–Crippen MR) is 47.7 cm³/mol. The molecule has 3 rings (SSSR count). The molecule has 2 bridgehead atoms. The molecular weight excluding hydrogens is 164 g/mol. The lowest BCUT2D eigenvalue weighted by Crippen LogP contribution is -2.36. The number of fused-ring (bicyclic) bond motifs is 5. The molecular formula is C11H15O2. The highest BCUT2D eigenvalue weighted by Gasteiger charge is 2.60. The maximum Gasteiger partial charge on any atom is 0.418 e. The normalized spacial score (nSPS) is 52.2. The SMILES string of the molecule is O=[C]OC12CCC(C1)C1CCCC12. The van der Waals surface area contributed by atoms with Crippen LogP contribution in [-0.2, 0) is 9.53 Å². The van der Waals surface area contributed by atoms with Crippen molar-refractivity contribution in [2.45, 2.75) is 44.1 Å². The van der Waals surface area contributed by atoms with Crippen LogP contribution in [0.15, 0.2) is 0 Å². The molecule has 4 unspecified atom stereocenters. The van der Waals surface area contributed by atoms with E-state index < -0.39 is 0 Å². The Bertz CT molecular complexity index is 238. The molecule has 3 saturated carbocycles.